The van der Waals surface area contributed by atoms with E-state index in [0.717, 1.165) is 6.08 Å². The Bertz CT molecular complexity index is 1570. The van der Waals surface area contributed by atoms with E-state index in [1.807, 2.05) is 0 Å². The number of esters is 3. The van der Waals surface area contributed by atoms with Crippen LogP contribution in [0, 0.1) is 0 Å². The molecule has 238 valence electrons. The van der Waals surface area contributed by atoms with E-state index in [1.165, 1.54) is 30.3 Å². The van der Waals surface area contributed by atoms with Gasteiger partial charge < -0.3 is 64.9 Å². The summed E-state index contributed by atoms with van der Waals surface area (Å²) in [5.74, 6) is -9.10. The van der Waals surface area contributed by atoms with E-state index >= 15 is 0 Å². The number of carbonyl (C=O) groups excluding carboxylic acids is 3. The summed E-state index contributed by atoms with van der Waals surface area (Å²) in [5.41, 5.74) is -0.542. The molecule has 3 aromatic rings. The Balaban J connectivity index is 1.54. The van der Waals surface area contributed by atoms with Gasteiger partial charge in [-0.3, -0.25) is 0 Å². The summed E-state index contributed by atoms with van der Waals surface area (Å²) in [4.78, 5) is 37.9. The third kappa shape index (κ3) is 7.45. The molecule has 16 nitrogen and oxygen atoms in total. The predicted octanol–water partition coefficient (Wildman–Crippen LogP) is 0.711. The zero-order chi connectivity index (χ0) is 33.0. The number of aliphatic hydroxyl groups excluding tert-OH is 2. The molecule has 16 heteroatoms. The highest BCUT2D eigenvalue weighted by atomic mass is 16.7. The van der Waals surface area contributed by atoms with E-state index < -0.39 is 101 Å². The molecule has 1 saturated heterocycles. The maximum Gasteiger partial charge on any atom is 0.340 e. The van der Waals surface area contributed by atoms with Crippen molar-refractivity contribution in [3.05, 3.63) is 71.3 Å². The number of hydrogen-bond acceptors (Lipinski definition) is 16. The zero-order valence-electron chi connectivity index (χ0n) is 22.8. The van der Waals surface area contributed by atoms with Gasteiger partial charge in [0.25, 0.3) is 0 Å². The lowest BCUT2D eigenvalue weighted by atomic mass is 9.99. The second kappa shape index (κ2) is 13.3. The molecule has 0 aliphatic carbocycles. The number of ether oxygens (including phenoxy) is 4. The molecule has 0 radical (unpaired) electrons. The number of hydrogen-bond donors (Lipinski definition) is 9. The highest BCUT2D eigenvalue weighted by molar-refractivity contribution is 5.92. The second-order valence-electron chi connectivity index (χ2n) is 9.58. The molecule has 0 spiro atoms. The number of benzene rings is 3. The molecule has 9 N–H and O–H groups in total. The number of aliphatic hydroxyl groups is 2. The van der Waals surface area contributed by atoms with E-state index in [0.29, 0.717) is 29.8 Å². The van der Waals surface area contributed by atoms with Crippen LogP contribution in [0.4, 0.5) is 0 Å². The Morgan fingerprint density at radius 2 is 1.20 bits per heavy atom. The van der Waals surface area contributed by atoms with Gasteiger partial charge in [0, 0.05) is 6.08 Å². The number of rotatable bonds is 8. The molecule has 0 bridgehead atoms. The maximum absolute atomic E-state index is 12.9. The Kier molecular flexibility index (Phi) is 9.51. The van der Waals surface area contributed by atoms with Crippen molar-refractivity contribution in [1.82, 2.24) is 0 Å². The smallest absolute Gasteiger partial charge is 0.340 e. The van der Waals surface area contributed by atoms with E-state index in [1.54, 1.807) is 0 Å². The predicted molar refractivity (Wildman–Crippen MR) is 146 cm³/mol. The average Bonchev–Trinajstić information content (AvgIpc) is 3.00. The lowest BCUT2D eigenvalue weighted by molar-refractivity contribution is -0.285. The van der Waals surface area contributed by atoms with Gasteiger partial charge in [0.2, 0.25) is 6.29 Å². The molecule has 0 amide bonds. The van der Waals surface area contributed by atoms with Crippen LogP contribution >= 0.6 is 0 Å². The van der Waals surface area contributed by atoms with Gasteiger partial charge in [-0.2, -0.15) is 0 Å². The van der Waals surface area contributed by atoms with Crippen molar-refractivity contribution in [3.63, 3.8) is 0 Å². The van der Waals surface area contributed by atoms with Gasteiger partial charge in [0.15, 0.2) is 40.6 Å². The van der Waals surface area contributed by atoms with Crippen LogP contribution in [-0.2, 0) is 23.7 Å². The monoisotopic (exact) mass is 630 g/mol. The van der Waals surface area contributed by atoms with Crippen LogP contribution in [0.2, 0.25) is 0 Å². The molecule has 0 saturated carbocycles. The summed E-state index contributed by atoms with van der Waals surface area (Å²) in [5, 5.41) is 88.9. The Labute approximate surface area is 252 Å². The van der Waals surface area contributed by atoms with Gasteiger partial charge in [-0.05, 0) is 48.0 Å². The van der Waals surface area contributed by atoms with Gasteiger partial charge >= 0.3 is 17.9 Å². The van der Waals surface area contributed by atoms with Crippen molar-refractivity contribution in [3.8, 4) is 40.2 Å². The van der Waals surface area contributed by atoms with E-state index in [4.69, 9.17) is 18.9 Å². The van der Waals surface area contributed by atoms with Crippen LogP contribution in [0.1, 0.15) is 26.3 Å². The van der Waals surface area contributed by atoms with Crippen molar-refractivity contribution in [2.45, 2.75) is 30.7 Å². The van der Waals surface area contributed by atoms with E-state index in [9.17, 15) is 60.3 Å². The van der Waals surface area contributed by atoms with Crippen molar-refractivity contribution in [2.24, 2.45) is 0 Å². The van der Waals surface area contributed by atoms with Gasteiger partial charge in [-0.25, -0.2) is 14.4 Å². The first-order valence-electron chi connectivity index (χ1n) is 12.8. The standard InChI is InChI=1S/C29H26O16/c30-15-4-1-12(2-5-15)3-6-21(35)42-11-20-24(38)25(39)26(44-27(40)13-7-16(31)22(36)17(32)8-13)29(43-20)45-28(41)14-9-18(33)23(37)19(34)10-14/h1-10,20,24-26,29-34,36-39H,11H2/t20-,24+,25-,26+,29-/m0/s1. The number of phenolic OH excluding ortho intramolecular Hbond substituents is 7. The molecule has 1 heterocycles. The normalized spacial score (nSPS) is 21.2. The maximum atomic E-state index is 12.9. The van der Waals surface area contributed by atoms with Gasteiger partial charge in [-0.15, -0.1) is 0 Å². The van der Waals surface area contributed by atoms with E-state index in [-0.39, 0.29) is 5.75 Å². The minimum Gasteiger partial charge on any atom is -0.508 e. The van der Waals surface area contributed by atoms with Crippen LogP contribution in [0.3, 0.4) is 0 Å². The molecule has 5 atom stereocenters. The molecule has 3 aromatic carbocycles. The summed E-state index contributed by atoms with van der Waals surface area (Å²) in [6, 6.07) is 8.65. The fourth-order valence-corrected chi connectivity index (χ4v) is 4.03. The third-order valence-corrected chi connectivity index (χ3v) is 6.42. The molecule has 0 aromatic heterocycles. The molecular formula is C29H26O16. The summed E-state index contributed by atoms with van der Waals surface area (Å²) in [6.45, 7) is -0.716. The Hall–Kier alpha value is -5.71. The SMILES string of the molecule is O=C(C=Cc1ccc(O)cc1)OC[C@@H]1O[C@@H](OC(=O)c2cc(O)c(O)c(O)c2)[C@H](OC(=O)c2cc(O)c(O)c(O)c2)[C@@H](O)[C@@H]1O. The highest BCUT2D eigenvalue weighted by Gasteiger charge is 2.49. The first kappa shape index (κ1) is 32.2. The lowest BCUT2D eigenvalue weighted by Gasteiger charge is -2.41. The average molecular weight is 631 g/mol. The summed E-state index contributed by atoms with van der Waals surface area (Å²) in [6.07, 6.45) is -7.25. The minimum atomic E-state index is -2.07. The van der Waals surface area contributed by atoms with Crippen molar-refractivity contribution in [2.75, 3.05) is 6.61 Å². The Morgan fingerprint density at radius 1 is 0.711 bits per heavy atom. The van der Waals surface area contributed by atoms with Crippen LogP contribution < -0.4 is 0 Å². The molecule has 1 aliphatic rings. The topological polar surface area (TPSA) is 270 Å². The van der Waals surface area contributed by atoms with Gasteiger partial charge in [0.1, 0.15) is 30.7 Å². The van der Waals surface area contributed by atoms with Crippen molar-refractivity contribution >= 4 is 24.0 Å². The van der Waals surface area contributed by atoms with E-state index in [2.05, 4.69) is 0 Å². The quantitative estimate of drug-likeness (QED) is 0.0717. The second-order valence-corrected chi connectivity index (χ2v) is 9.58. The molecule has 0 unspecified atom stereocenters. The minimum absolute atomic E-state index is 0.00864. The molecule has 1 fully saturated rings. The third-order valence-electron chi connectivity index (χ3n) is 6.42. The first-order chi connectivity index (χ1) is 21.2. The van der Waals surface area contributed by atoms with Crippen LogP contribution in [0.15, 0.2) is 54.6 Å². The number of carbonyl (C=O) groups is 3. The van der Waals surface area contributed by atoms with Crippen LogP contribution in [0.5, 0.6) is 40.2 Å². The zero-order valence-corrected chi connectivity index (χ0v) is 22.8. The molecular weight excluding hydrogens is 604 g/mol. The first-order valence-corrected chi connectivity index (χ1v) is 12.8. The number of aromatic hydroxyl groups is 7. The van der Waals surface area contributed by atoms with Crippen LogP contribution in [0.25, 0.3) is 6.08 Å². The van der Waals surface area contributed by atoms with Crippen molar-refractivity contribution < 1.29 is 79.3 Å². The largest absolute Gasteiger partial charge is 0.508 e. The highest BCUT2D eigenvalue weighted by Crippen LogP contribution is 2.37. The van der Waals surface area contributed by atoms with Gasteiger partial charge in [-0.1, -0.05) is 12.1 Å². The van der Waals surface area contributed by atoms with Crippen molar-refractivity contribution in [1.29, 1.82) is 0 Å². The lowest BCUT2D eigenvalue weighted by Crippen LogP contribution is -2.61. The number of phenols is 7. The summed E-state index contributed by atoms with van der Waals surface area (Å²) < 4.78 is 20.9. The van der Waals surface area contributed by atoms with Crippen LogP contribution in [-0.4, -0.2) is 101 Å². The molecule has 1 aliphatic heterocycles. The Morgan fingerprint density at radius 3 is 1.71 bits per heavy atom. The summed E-state index contributed by atoms with van der Waals surface area (Å²) in [7, 11) is 0. The molecule has 45 heavy (non-hydrogen) atoms. The fourth-order valence-electron chi connectivity index (χ4n) is 4.03. The summed E-state index contributed by atoms with van der Waals surface area (Å²) >= 11 is 0. The fraction of sp³-hybridized carbons (Fsp3) is 0.207. The molecule has 4 rings (SSSR count). The van der Waals surface area contributed by atoms with Gasteiger partial charge in [0.05, 0.1) is 11.1 Å².